The highest BCUT2D eigenvalue weighted by Gasteiger charge is 2.30. The van der Waals surface area contributed by atoms with Gasteiger partial charge in [-0.05, 0) is 25.0 Å². The molecule has 0 bridgehead atoms. The van der Waals surface area contributed by atoms with E-state index in [1.54, 1.807) is 6.07 Å². The number of nitro groups is 1. The van der Waals surface area contributed by atoms with Gasteiger partial charge < -0.3 is 10.0 Å². The number of rotatable bonds is 6. The van der Waals surface area contributed by atoms with Crippen LogP contribution in [0.3, 0.4) is 0 Å². The molecule has 7 nitrogen and oxygen atoms in total. The number of anilines is 1. The number of carboxylic acid groups (broad SMARTS) is 1. The van der Waals surface area contributed by atoms with E-state index in [4.69, 9.17) is 10.4 Å². The predicted octanol–water partition coefficient (Wildman–Crippen LogP) is 1.91. The van der Waals surface area contributed by atoms with E-state index in [1.165, 1.54) is 12.1 Å². The van der Waals surface area contributed by atoms with Gasteiger partial charge in [0.15, 0.2) is 0 Å². The molecule has 1 aromatic rings. The quantitative estimate of drug-likeness (QED) is 0.627. The fourth-order valence-electron chi connectivity index (χ4n) is 2.08. The van der Waals surface area contributed by atoms with Crippen LogP contribution in [0.25, 0.3) is 0 Å². The minimum atomic E-state index is -0.891. The first-order valence-corrected chi connectivity index (χ1v) is 6.20. The Hall–Kier alpha value is -2.62. The van der Waals surface area contributed by atoms with Crippen molar-refractivity contribution in [2.45, 2.75) is 25.3 Å². The highest BCUT2D eigenvalue weighted by atomic mass is 16.6. The number of hydrogen-bond acceptors (Lipinski definition) is 5. The first-order chi connectivity index (χ1) is 9.52. The van der Waals surface area contributed by atoms with Crippen molar-refractivity contribution in [3.8, 4) is 6.07 Å². The lowest BCUT2D eigenvalue weighted by molar-refractivity contribution is -0.385. The van der Waals surface area contributed by atoms with Crippen molar-refractivity contribution >= 4 is 17.3 Å². The van der Waals surface area contributed by atoms with Gasteiger partial charge in [0.25, 0.3) is 5.69 Å². The van der Waals surface area contributed by atoms with E-state index in [9.17, 15) is 14.9 Å². The highest BCUT2D eigenvalue weighted by Crippen LogP contribution is 2.33. The average Bonchev–Trinajstić information content (AvgIpc) is 3.22. The molecule has 104 valence electrons. The van der Waals surface area contributed by atoms with Crippen molar-refractivity contribution in [1.82, 2.24) is 0 Å². The summed E-state index contributed by atoms with van der Waals surface area (Å²) in [6.07, 6.45) is 1.94. The highest BCUT2D eigenvalue weighted by molar-refractivity contribution is 5.68. The van der Waals surface area contributed by atoms with E-state index >= 15 is 0 Å². The van der Waals surface area contributed by atoms with E-state index in [0.717, 1.165) is 12.8 Å². The second-order valence-electron chi connectivity index (χ2n) is 4.64. The van der Waals surface area contributed by atoms with Crippen LogP contribution in [-0.4, -0.2) is 28.6 Å². The van der Waals surface area contributed by atoms with Gasteiger partial charge in [-0.1, -0.05) is 0 Å². The molecule has 0 unspecified atom stereocenters. The SMILES string of the molecule is N#Cc1cc(N(CCC(=O)O)C2CC2)ccc1[N+](=O)[O-]. The summed E-state index contributed by atoms with van der Waals surface area (Å²) in [7, 11) is 0. The lowest BCUT2D eigenvalue weighted by atomic mass is 10.1. The number of nitrogens with zero attached hydrogens (tertiary/aromatic N) is 3. The van der Waals surface area contributed by atoms with Crippen LogP contribution in [0.2, 0.25) is 0 Å². The van der Waals surface area contributed by atoms with Crippen LogP contribution in [0.1, 0.15) is 24.8 Å². The number of nitriles is 1. The van der Waals surface area contributed by atoms with Gasteiger partial charge in [-0.3, -0.25) is 14.9 Å². The zero-order chi connectivity index (χ0) is 14.7. The van der Waals surface area contributed by atoms with Gasteiger partial charge in [0.05, 0.1) is 11.3 Å². The van der Waals surface area contributed by atoms with Crippen molar-refractivity contribution < 1.29 is 14.8 Å². The first kappa shape index (κ1) is 13.8. The molecule has 0 aliphatic heterocycles. The molecule has 1 N–H and O–H groups in total. The summed E-state index contributed by atoms with van der Waals surface area (Å²) in [6.45, 7) is 0.336. The lowest BCUT2D eigenvalue weighted by Crippen LogP contribution is -2.28. The molecule has 7 heteroatoms. The molecule has 1 aliphatic rings. The molecule has 0 atom stereocenters. The molecule has 0 heterocycles. The molecule has 20 heavy (non-hydrogen) atoms. The number of carboxylic acids is 1. The van der Waals surface area contributed by atoms with Crippen LogP contribution < -0.4 is 4.90 Å². The van der Waals surface area contributed by atoms with Crippen molar-refractivity contribution in [1.29, 1.82) is 5.26 Å². The van der Waals surface area contributed by atoms with Gasteiger partial charge in [-0.15, -0.1) is 0 Å². The standard InChI is InChI=1S/C13H13N3O4/c14-8-9-7-11(3-4-12(9)16(19)20)15(10-1-2-10)6-5-13(17)18/h3-4,7,10H,1-2,5-6H2,(H,17,18). The number of hydrogen-bond donors (Lipinski definition) is 1. The maximum atomic E-state index is 10.8. The van der Waals surface area contributed by atoms with E-state index in [2.05, 4.69) is 0 Å². The van der Waals surface area contributed by atoms with Gasteiger partial charge in [-0.25, -0.2) is 0 Å². The fraction of sp³-hybridized carbons (Fsp3) is 0.385. The third kappa shape index (κ3) is 3.03. The third-order valence-electron chi connectivity index (χ3n) is 3.18. The summed E-state index contributed by atoms with van der Waals surface area (Å²) < 4.78 is 0. The summed E-state index contributed by atoms with van der Waals surface area (Å²) in [6, 6.07) is 6.40. The van der Waals surface area contributed by atoms with Gasteiger partial charge in [0, 0.05) is 24.3 Å². The van der Waals surface area contributed by atoms with E-state index in [1.807, 2.05) is 11.0 Å². The molecular formula is C13H13N3O4. The maximum absolute atomic E-state index is 10.8. The Morgan fingerprint density at radius 1 is 1.55 bits per heavy atom. The summed E-state index contributed by atoms with van der Waals surface area (Å²) in [4.78, 5) is 22.8. The number of benzene rings is 1. The molecule has 0 radical (unpaired) electrons. The van der Waals surface area contributed by atoms with Crippen LogP contribution in [-0.2, 0) is 4.79 Å². The van der Waals surface area contributed by atoms with Gasteiger partial charge in [-0.2, -0.15) is 5.26 Å². The molecule has 0 spiro atoms. The number of nitro benzene ring substituents is 1. The normalized spacial score (nSPS) is 13.6. The zero-order valence-electron chi connectivity index (χ0n) is 10.7. The Balaban J connectivity index is 2.27. The topological polar surface area (TPSA) is 107 Å². The zero-order valence-corrected chi connectivity index (χ0v) is 10.7. The lowest BCUT2D eigenvalue weighted by Gasteiger charge is -2.24. The molecule has 0 saturated heterocycles. The van der Waals surface area contributed by atoms with Gasteiger partial charge in [0.2, 0.25) is 0 Å². The van der Waals surface area contributed by atoms with Crippen LogP contribution in [0.15, 0.2) is 18.2 Å². The minimum absolute atomic E-state index is 0.00459. The van der Waals surface area contributed by atoms with Crippen molar-refractivity contribution in [3.05, 3.63) is 33.9 Å². The van der Waals surface area contributed by atoms with Crippen LogP contribution in [0.5, 0.6) is 0 Å². The van der Waals surface area contributed by atoms with E-state index in [-0.39, 0.29) is 23.7 Å². The van der Waals surface area contributed by atoms with Crippen molar-refractivity contribution in [2.24, 2.45) is 0 Å². The second kappa shape index (κ2) is 5.57. The van der Waals surface area contributed by atoms with Crippen LogP contribution in [0, 0.1) is 21.4 Å². The molecule has 0 amide bonds. The summed E-state index contributed by atoms with van der Waals surface area (Å²) in [5.41, 5.74) is 0.426. The Morgan fingerprint density at radius 3 is 2.75 bits per heavy atom. The largest absolute Gasteiger partial charge is 0.481 e. The Kier molecular flexibility index (Phi) is 3.84. The monoisotopic (exact) mass is 275 g/mol. The Labute approximate surface area is 115 Å². The molecule has 2 rings (SSSR count). The summed E-state index contributed by atoms with van der Waals surface area (Å²) in [5.74, 6) is -0.891. The second-order valence-corrected chi connectivity index (χ2v) is 4.64. The fourth-order valence-corrected chi connectivity index (χ4v) is 2.08. The van der Waals surface area contributed by atoms with Crippen LogP contribution >= 0.6 is 0 Å². The average molecular weight is 275 g/mol. The Morgan fingerprint density at radius 2 is 2.25 bits per heavy atom. The van der Waals surface area contributed by atoms with Crippen LogP contribution in [0.4, 0.5) is 11.4 Å². The molecule has 1 saturated carbocycles. The smallest absolute Gasteiger partial charge is 0.305 e. The molecule has 1 aromatic carbocycles. The summed E-state index contributed by atoms with van der Waals surface area (Å²) >= 11 is 0. The maximum Gasteiger partial charge on any atom is 0.305 e. The van der Waals surface area contributed by atoms with Crippen molar-refractivity contribution in [2.75, 3.05) is 11.4 Å². The number of aliphatic carboxylic acids is 1. The summed E-state index contributed by atoms with van der Waals surface area (Å²) in [5, 5.41) is 28.5. The van der Waals surface area contributed by atoms with Crippen molar-refractivity contribution in [3.63, 3.8) is 0 Å². The molecule has 1 aliphatic carbocycles. The first-order valence-electron chi connectivity index (χ1n) is 6.20. The minimum Gasteiger partial charge on any atom is -0.481 e. The Bertz CT molecular complexity index is 590. The molecule has 1 fully saturated rings. The molecule has 0 aromatic heterocycles. The van der Waals surface area contributed by atoms with Gasteiger partial charge >= 0.3 is 5.97 Å². The van der Waals surface area contributed by atoms with E-state index in [0.29, 0.717) is 12.2 Å². The van der Waals surface area contributed by atoms with E-state index < -0.39 is 10.9 Å². The molecular weight excluding hydrogens is 262 g/mol. The van der Waals surface area contributed by atoms with Gasteiger partial charge in [0.1, 0.15) is 11.6 Å². The third-order valence-corrected chi connectivity index (χ3v) is 3.18. The number of carbonyl (C=O) groups is 1. The predicted molar refractivity (Wildman–Crippen MR) is 70.4 cm³/mol.